The van der Waals surface area contributed by atoms with E-state index in [-0.39, 0.29) is 5.82 Å². The average Bonchev–Trinajstić information content (AvgIpc) is 2.52. The van der Waals surface area contributed by atoms with E-state index in [1.54, 1.807) is 0 Å². The molecule has 1 aliphatic heterocycles. The summed E-state index contributed by atoms with van der Waals surface area (Å²) in [7, 11) is 0. The zero-order valence-corrected chi connectivity index (χ0v) is 9.72. The molecule has 0 amide bonds. The third-order valence-corrected chi connectivity index (χ3v) is 3.04. The number of aliphatic hydroxyl groups is 3. The first kappa shape index (κ1) is 13.0. The Morgan fingerprint density at radius 3 is 2.83 bits per heavy atom. The van der Waals surface area contributed by atoms with E-state index >= 15 is 0 Å². The van der Waals surface area contributed by atoms with Gasteiger partial charge in [-0.05, 0) is 13.0 Å². The largest absolute Gasteiger partial charge is 0.394 e. The third kappa shape index (κ3) is 1.89. The molecule has 5 N–H and O–H groups in total. The molecule has 100 valence electrons. The molecule has 0 aliphatic carbocycles. The molecule has 2 heterocycles. The molecule has 8 heteroatoms. The summed E-state index contributed by atoms with van der Waals surface area (Å²) < 4.78 is 6.30. The van der Waals surface area contributed by atoms with Crippen LogP contribution in [0.5, 0.6) is 0 Å². The molecule has 1 aliphatic rings. The second-order valence-corrected chi connectivity index (χ2v) is 4.42. The summed E-state index contributed by atoms with van der Waals surface area (Å²) in [4.78, 5) is 15.2. The highest BCUT2D eigenvalue weighted by Crippen LogP contribution is 2.37. The zero-order valence-electron chi connectivity index (χ0n) is 9.72. The van der Waals surface area contributed by atoms with Crippen LogP contribution in [0.3, 0.4) is 0 Å². The van der Waals surface area contributed by atoms with Crippen molar-refractivity contribution in [1.29, 1.82) is 0 Å². The molecule has 1 aromatic heterocycles. The normalized spacial score (nSPS) is 35.9. The van der Waals surface area contributed by atoms with Crippen molar-refractivity contribution < 1.29 is 20.1 Å². The van der Waals surface area contributed by atoms with Crippen LogP contribution in [0.2, 0.25) is 0 Å². The zero-order chi connectivity index (χ0) is 13.5. The number of hydrogen-bond donors (Lipinski definition) is 4. The van der Waals surface area contributed by atoms with Crippen molar-refractivity contribution in [3.8, 4) is 0 Å². The van der Waals surface area contributed by atoms with Crippen molar-refractivity contribution in [2.45, 2.75) is 31.0 Å². The molecular formula is C10H15N3O5. The van der Waals surface area contributed by atoms with Crippen LogP contribution >= 0.6 is 0 Å². The summed E-state index contributed by atoms with van der Waals surface area (Å²) in [5, 5.41) is 29.0. The molecule has 4 atom stereocenters. The molecule has 1 fully saturated rings. The van der Waals surface area contributed by atoms with Crippen LogP contribution in [0.4, 0.5) is 5.82 Å². The maximum Gasteiger partial charge on any atom is 0.351 e. The van der Waals surface area contributed by atoms with E-state index in [4.69, 9.17) is 15.6 Å². The molecule has 8 nitrogen and oxygen atoms in total. The van der Waals surface area contributed by atoms with Crippen LogP contribution in [-0.4, -0.2) is 49.3 Å². The summed E-state index contributed by atoms with van der Waals surface area (Å²) in [5.41, 5.74) is 2.94. The Labute approximate surface area is 102 Å². The predicted octanol–water partition coefficient (Wildman–Crippen LogP) is -2.17. The predicted molar refractivity (Wildman–Crippen MR) is 60.5 cm³/mol. The smallest absolute Gasteiger partial charge is 0.351 e. The lowest BCUT2D eigenvalue weighted by atomic mass is 9.96. The second-order valence-electron chi connectivity index (χ2n) is 4.42. The maximum absolute atomic E-state index is 11.7. The first-order valence-electron chi connectivity index (χ1n) is 5.39. The van der Waals surface area contributed by atoms with Gasteiger partial charge in [-0.25, -0.2) is 4.79 Å². The number of ether oxygens (including phenoxy) is 1. The molecule has 0 unspecified atom stereocenters. The molecule has 0 aromatic carbocycles. The van der Waals surface area contributed by atoms with Crippen LogP contribution in [0.15, 0.2) is 17.1 Å². The van der Waals surface area contributed by atoms with Gasteiger partial charge in [-0.3, -0.25) is 4.57 Å². The SMILES string of the molecule is C[C@@]1(O)[C@H](O)[C@@H](CO)O[C@H]1n1ccc(N)nc1=O. The van der Waals surface area contributed by atoms with E-state index in [9.17, 15) is 15.0 Å². The van der Waals surface area contributed by atoms with Gasteiger partial charge in [0.25, 0.3) is 0 Å². The Hall–Kier alpha value is -1.48. The number of nitrogen functional groups attached to an aromatic ring is 1. The number of anilines is 1. The highest BCUT2D eigenvalue weighted by molar-refractivity contribution is 5.23. The van der Waals surface area contributed by atoms with E-state index in [0.29, 0.717) is 0 Å². The van der Waals surface area contributed by atoms with Gasteiger partial charge in [-0.2, -0.15) is 4.98 Å². The lowest BCUT2D eigenvalue weighted by Crippen LogP contribution is -2.46. The van der Waals surface area contributed by atoms with Crippen LogP contribution in [0.1, 0.15) is 13.2 Å². The lowest BCUT2D eigenvalue weighted by molar-refractivity contribution is -0.0986. The highest BCUT2D eigenvalue weighted by Gasteiger charge is 2.53. The fraction of sp³-hybridized carbons (Fsp3) is 0.600. The number of rotatable bonds is 2. The second kappa shape index (κ2) is 4.32. The Bertz CT molecular complexity index is 501. The maximum atomic E-state index is 11.7. The van der Waals surface area contributed by atoms with Crippen LogP contribution in [0.25, 0.3) is 0 Å². The minimum atomic E-state index is -1.71. The van der Waals surface area contributed by atoms with Gasteiger partial charge in [0.15, 0.2) is 6.23 Å². The fourth-order valence-corrected chi connectivity index (χ4v) is 1.99. The van der Waals surface area contributed by atoms with Gasteiger partial charge in [-0.1, -0.05) is 0 Å². The number of nitrogens with zero attached hydrogens (tertiary/aromatic N) is 2. The van der Waals surface area contributed by atoms with Crippen LogP contribution < -0.4 is 11.4 Å². The molecular weight excluding hydrogens is 242 g/mol. The molecule has 0 spiro atoms. The summed E-state index contributed by atoms with van der Waals surface area (Å²) in [6, 6.07) is 1.37. The van der Waals surface area contributed by atoms with Gasteiger partial charge in [0.1, 0.15) is 23.6 Å². The van der Waals surface area contributed by atoms with Crippen LogP contribution in [-0.2, 0) is 4.74 Å². The van der Waals surface area contributed by atoms with Crippen molar-refractivity contribution in [2.75, 3.05) is 12.3 Å². The summed E-state index contributed by atoms with van der Waals surface area (Å²) in [6.45, 7) is 0.853. The Kier molecular flexibility index (Phi) is 3.11. The number of aromatic nitrogens is 2. The van der Waals surface area contributed by atoms with Crippen molar-refractivity contribution in [3.63, 3.8) is 0 Å². The minimum Gasteiger partial charge on any atom is -0.394 e. The van der Waals surface area contributed by atoms with Crippen molar-refractivity contribution in [1.82, 2.24) is 9.55 Å². The minimum absolute atomic E-state index is 0.0492. The summed E-state index contributed by atoms with van der Waals surface area (Å²) in [6.07, 6.45) is -2.09. The van der Waals surface area contributed by atoms with E-state index in [0.717, 1.165) is 4.57 Å². The van der Waals surface area contributed by atoms with E-state index < -0.39 is 36.3 Å². The molecule has 0 radical (unpaired) electrons. The monoisotopic (exact) mass is 257 g/mol. The lowest BCUT2D eigenvalue weighted by Gasteiger charge is -2.27. The first-order valence-corrected chi connectivity index (χ1v) is 5.39. The molecule has 1 saturated heterocycles. The van der Waals surface area contributed by atoms with Gasteiger partial charge in [0.2, 0.25) is 0 Å². The molecule has 18 heavy (non-hydrogen) atoms. The quantitative estimate of drug-likeness (QED) is 0.474. The van der Waals surface area contributed by atoms with Gasteiger partial charge in [0.05, 0.1) is 6.61 Å². The van der Waals surface area contributed by atoms with Gasteiger partial charge in [0, 0.05) is 6.20 Å². The van der Waals surface area contributed by atoms with Gasteiger partial charge in [-0.15, -0.1) is 0 Å². The summed E-state index contributed by atoms with van der Waals surface area (Å²) >= 11 is 0. The van der Waals surface area contributed by atoms with E-state index in [1.165, 1.54) is 19.2 Å². The van der Waals surface area contributed by atoms with Crippen molar-refractivity contribution in [3.05, 3.63) is 22.7 Å². The Morgan fingerprint density at radius 1 is 1.67 bits per heavy atom. The summed E-state index contributed by atoms with van der Waals surface area (Å²) in [5.74, 6) is 0.0492. The van der Waals surface area contributed by atoms with Crippen LogP contribution in [0, 0.1) is 0 Å². The third-order valence-electron chi connectivity index (χ3n) is 3.04. The van der Waals surface area contributed by atoms with E-state index in [2.05, 4.69) is 4.98 Å². The number of hydrogen-bond acceptors (Lipinski definition) is 7. The highest BCUT2D eigenvalue weighted by atomic mass is 16.6. The Balaban J connectivity index is 2.42. The standard InChI is InChI=1S/C10H15N3O5/c1-10(17)7(15)5(4-14)18-8(10)13-3-2-6(11)12-9(13)16/h2-3,5,7-8,14-15,17H,4H2,1H3,(H2,11,12,16)/t5-,7-,8-,10-/m1/s1. The Morgan fingerprint density at radius 2 is 2.33 bits per heavy atom. The number of nitrogens with two attached hydrogens (primary N) is 1. The molecule has 0 saturated carbocycles. The molecule has 0 bridgehead atoms. The average molecular weight is 257 g/mol. The first-order chi connectivity index (χ1) is 8.37. The topological polar surface area (TPSA) is 131 Å². The van der Waals surface area contributed by atoms with E-state index in [1.807, 2.05) is 0 Å². The van der Waals surface area contributed by atoms with Crippen molar-refractivity contribution >= 4 is 5.82 Å². The van der Waals surface area contributed by atoms with Gasteiger partial charge < -0.3 is 25.8 Å². The fourth-order valence-electron chi connectivity index (χ4n) is 1.99. The van der Waals surface area contributed by atoms with Gasteiger partial charge >= 0.3 is 5.69 Å². The van der Waals surface area contributed by atoms with Crippen molar-refractivity contribution in [2.24, 2.45) is 0 Å². The molecule has 2 rings (SSSR count). The molecule has 1 aromatic rings. The number of aliphatic hydroxyl groups excluding tert-OH is 2.